The molecule has 1 unspecified atom stereocenters. The summed E-state index contributed by atoms with van der Waals surface area (Å²) in [6, 6.07) is 2.40. The predicted octanol–water partition coefficient (Wildman–Crippen LogP) is 2.21. The third kappa shape index (κ3) is 6.20. The molecule has 1 rings (SSSR count). The minimum Gasteiger partial charge on any atom is -0.356 e. The zero-order chi connectivity index (χ0) is 20.6. The number of nitrogens with one attached hydrogen (secondary N) is 1. The van der Waals surface area contributed by atoms with Crippen LogP contribution in [0.25, 0.3) is 0 Å². The Labute approximate surface area is 157 Å². The smallest absolute Gasteiger partial charge is 0.296 e. The number of benzene rings is 1. The Bertz CT molecular complexity index is 764. The Kier molecular flexibility index (Phi) is 8.69. The molecule has 1 N–H and O–H groups in total. The molecule has 0 aliphatic rings. The molecule has 152 valence electrons. The minimum absolute atomic E-state index is 0.0487. The van der Waals surface area contributed by atoms with Crippen LogP contribution in [0.1, 0.15) is 26.2 Å². The van der Waals surface area contributed by atoms with Gasteiger partial charge >= 0.3 is 0 Å². The monoisotopic (exact) mass is 405 g/mol. The molecule has 1 aromatic carbocycles. The summed E-state index contributed by atoms with van der Waals surface area (Å²) in [6.45, 7) is 2.01. The number of non-ortho nitro benzene ring substituents is 1. The van der Waals surface area contributed by atoms with E-state index in [-0.39, 0.29) is 12.5 Å². The summed E-state index contributed by atoms with van der Waals surface area (Å²) in [5.74, 6) is 0.0678. The summed E-state index contributed by atoms with van der Waals surface area (Å²) in [5, 5.41) is 21.8. The summed E-state index contributed by atoms with van der Waals surface area (Å²) >= 11 is 0. The molecule has 0 aromatic heterocycles. The number of nitro groups is 2. The fraction of sp³-hybridized carbons (Fsp3) is 0.600. The van der Waals surface area contributed by atoms with Gasteiger partial charge in [0.25, 0.3) is 11.4 Å². The fourth-order valence-corrected chi connectivity index (χ4v) is 3.88. The Morgan fingerprint density at radius 2 is 1.78 bits per heavy atom. The molecule has 1 atom stereocenters. The number of sulfonamides is 1. The van der Waals surface area contributed by atoms with Crippen molar-refractivity contribution in [2.45, 2.75) is 37.4 Å². The third-order valence-electron chi connectivity index (χ3n) is 4.06. The maximum absolute atomic E-state index is 12.4. The zero-order valence-corrected chi connectivity index (χ0v) is 16.1. The second-order valence-electron chi connectivity index (χ2n) is 5.71. The van der Waals surface area contributed by atoms with Crippen molar-refractivity contribution < 1.29 is 27.7 Å². The zero-order valence-electron chi connectivity index (χ0n) is 15.3. The van der Waals surface area contributed by atoms with Gasteiger partial charge in [-0.05, 0) is 25.3 Å². The van der Waals surface area contributed by atoms with Gasteiger partial charge in [-0.2, -0.15) is 0 Å². The average Bonchev–Trinajstić information content (AvgIpc) is 2.63. The number of rotatable bonds is 12. The molecule has 0 radical (unpaired) electrons. The van der Waals surface area contributed by atoms with Crippen molar-refractivity contribution >= 4 is 21.4 Å². The van der Waals surface area contributed by atoms with Crippen LogP contribution >= 0.6 is 0 Å². The summed E-state index contributed by atoms with van der Waals surface area (Å²) in [5.41, 5.74) is -1.40. The average molecular weight is 405 g/mol. The summed E-state index contributed by atoms with van der Waals surface area (Å²) in [4.78, 5) is 19.4. The molecule has 0 saturated heterocycles. The van der Waals surface area contributed by atoms with E-state index in [9.17, 15) is 28.6 Å². The van der Waals surface area contributed by atoms with Crippen molar-refractivity contribution in [2.75, 3.05) is 20.8 Å². The van der Waals surface area contributed by atoms with Crippen molar-refractivity contribution in [3.8, 4) is 0 Å². The molecule has 0 aliphatic carbocycles. The summed E-state index contributed by atoms with van der Waals surface area (Å²) in [7, 11) is -1.15. The molecule has 0 amide bonds. The van der Waals surface area contributed by atoms with Crippen LogP contribution in [-0.4, -0.2) is 45.3 Å². The number of nitrogens with zero attached hydrogens (tertiary/aromatic N) is 2. The van der Waals surface area contributed by atoms with Gasteiger partial charge in [0.1, 0.15) is 0 Å². The molecule has 0 aliphatic heterocycles. The molecular formula is C15H23N3O8S. The van der Waals surface area contributed by atoms with Gasteiger partial charge < -0.3 is 9.47 Å². The van der Waals surface area contributed by atoms with Gasteiger partial charge in [-0.25, -0.2) is 13.1 Å². The number of nitro benzene ring substituents is 2. The van der Waals surface area contributed by atoms with Crippen LogP contribution in [-0.2, 0) is 19.5 Å². The van der Waals surface area contributed by atoms with Gasteiger partial charge in [-0.3, -0.25) is 20.2 Å². The van der Waals surface area contributed by atoms with Crippen LogP contribution in [0.2, 0.25) is 0 Å². The van der Waals surface area contributed by atoms with Crippen LogP contribution in [0.15, 0.2) is 23.1 Å². The van der Waals surface area contributed by atoms with E-state index in [0.717, 1.165) is 18.6 Å². The van der Waals surface area contributed by atoms with Crippen molar-refractivity contribution in [3.63, 3.8) is 0 Å². The van der Waals surface area contributed by atoms with Gasteiger partial charge in [0, 0.05) is 32.7 Å². The first kappa shape index (κ1) is 22.9. The number of methoxy groups -OCH3 is 2. The Morgan fingerprint density at radius 1 is 1.15 bits per heavy atom. The van der Waals surface area contributed by atoms with Gasteiger partial charge in [0.15, 0.2) is 11.2 Å². The molecule has 11 nitrogen and oxygen atoms in total. The second-order valence-corrected chi connectivity index (χ2v) is 7.45. The van der Waals surface area contributed by atoms with Crippen LogP contribution in [0.4, 0.5) is 11.4 Å². The molecule has 0 spiro atoms. The van der Waals surface area contributed by atoms with Gasteiger partial charge in [-0.15, -0.1) is 0 Å². The first-order valence-electron chi connectivity index (χ1n) is 8.16. The Hall–Kier alpha value is -2.15. The normalized spacial score (nSPS) is 12.9. The van der Waals surface area contributed by atoms with E-state index in [1.165, 1.54) is 14.2 Å². The summed E-state index contributed by atoms with van der Waals surface area (Å²) in [6.07, 6.45) is 1.45. The van der Waals surface area contributed by atoms with E-state index in [1.807, 2.05) is 6.92 Å². The van der Waals surface area contributed by atoms with Gasteiger partial charge in [-0.1, -0.05) is 6.92 Å². The highest BCUT2D eigenvalue weighted by Crippen LogP contribution is 2.28. The highest BCUT2D eigenvalue weighted by Gasteiger charge is 2.28. The van der Waals surface area contributed by atoms with Crippen molar-refractivity contribution in [3.05, 3.63) is 38.4 Å². The molecule has 27 heavy (non-hydrogen) atoms. The van der Waals surface area contributed by atoms with Crippen LogP contribution in [0.3, 0.4) is 0 Å². The van der Waals surface area contributed by atoms with Crippen LogP contribution in [0.5, 0.6) is 0 Å². The van der Waals surface area contributed by atoms with Crippen LogP contribution in [0, 0.1) is 26.1 Å². The Morgan fingerprint density at radius 3 is 2.26 bits per heavy atom. The summed E-state index contributed by atoms with van der Waals surface area (Å²) < 4.78 is 37.4. The highest BCUT2D eigenvalue weighted by atomic mass is 32.2. The van der Waals surface area contributed by atoms with E-state index >= 15 is 0 Å². The lowest BCUT2D eigenvalue weighted by Crippen LogP contribution is -2.28. The number of hydrogen-bond donors (Lipinski definition) is 1. The lowest BCUT2D eigenvalue weighted by Gasteiger charge is -2.23. The van der Waals surface area contributed by atoms with Crippen molar-refractivity contribution in [2.24, 2.45) is 5.92 Å². The largest absolute Gasteiger partial charge is 0.356 e. The van der Waals surface area contributed by atoms with E-state index in [1.54, 1.807) is 0 Å². The molecular weight excluding hydrogens is 382 g/mol. The maximum atomic E-state index is 12.4. The second kappa shape index (κ2) is 10.3. The van der Waals surface area contributed by atoms with E-state index < -0.39 is 42.4 Å². The van der Waals surface area contributed by atoms with E-state index in [2.05, 4.69) is 4.72 Å². The fourth-order valence-electron chi connectivity index (χ4n) is 2.65. The molecule has 0 heterocycles. The van der Waals surface area contributed by atoms with Gasteiger partial charge in [0.05, 0.1) is 15.9 Å². The molecule has 0 fully saturated rings. The first-order chi connectivity index (χ1) is 12.7. The highest BCUT2D eigenvalue weighted by molar-refractivity contribution is 7.89. The molecule has 1 aromatic rings. The number of ether oxygens (including phenoxy) is 2. The maximum Gasteiger partial charge on any atom is 0.296 e. The molecule has 0 bridgehead atoms. The standard InChI is InChI=1S/C15H23N3O8S/c1-4-11(15(25-2)26-3)6-5-9-16-27(23,24)14-8-7-12(17(19)20)10-13(14)18(21)22/h7-8,10-11,15-16H,4-6,9H2,1-3H3. The van der Waals surface area contributed by atoms with Crippen molar-refractivity contribution in [1.29, 1.82) is 0 Å². The SMILES string of the molecule is CCC(CCCNS(=O)(=O)c1ccc([N+](=O)[O-])cc1[N+](=O)[O-])C(OC)OC. The van der Waals surface area contributed by atoms with Crippen molar-refractivity contribution in [1.82, 2.24) is 4.72 Å². The third-order valence-corrected chi connectivity index (χ3v) is 5.57. The molecule has 0 saturated carbocycles. The van der Waals surface area contributed by atoms with Gasteiger partial charge in [0.2, 0.25) is 10.0 Å². The quantitative estimate of drug-likeness (QED) is 0.240. The van der Waals surface area contributed by atoms with E-state index in [4.69, 9.17) is 9.47 Å². The molecule has 12 heteroatoms. The number of hydrogen-bond acceptors (Lipinski definition) is 8. The first-order valence-corrected chi connectivity index (χ1v) is 9.64. The minimum atomic E-state index is -4.19. The van der Waals surface area contributed by atoms with E-state index in [0.29, 0.717) is 18.9 Å². The lowest BCUT2D eigenvalue weighted by molar-refractivity contribution is -0.396. The van der Waals surface area contributed by atoms with Crippen LogP contribution < -0.4 is 4.72 Å². The predicted molar refractivity (Wildman–Crippen MR) is 95.8 cm³/mol. The lowest BCUT2D eigenvalue weighted by atomic mass is 10.00. The Balaban J connectivity index is 2.84. The topological polar surface area (TPSA) is 151 Å².